The molecule has 160 valence electrons. The average molecular weight is 436 g/mol. The van der Waals surface area contributed by atoms with Crippen molar-refractivity contribution in [1.82, 2.24) is 10.9 Å². The van der Waals surface area contributed by atoms with Crippen LogP contribution in [0.4, 0.5) is 15.8 Å². The molecule has 0 bridgehead atoms. The Hall–Kier alpha value is -3.02. The first kappa shape index (κ1) is 21.7. The zero-order valence-corrected chi connectivity index (χ0v) is 16.8. The molecule has 3 rings (SSSR count). The minimum atomic E-state index is -4.00. The molecular weight excluding hydrogens is 415 g/mol. The number of rotatable bonds is 7. The standard InChI is InChI=1S/C19H21FN4O5S/c1-2-29-19(26)12-3-7-14(8-4-12)22-17(25)16-11-21-23-18(16)30(27,28)24-15-9-5-13(20)6-10-15/h3-10,16,18,21,23-24H,2,11H2,1H3,(H,22,25). The number of benzene rings is 2. The van der Waals surface area contributed by atoms with Crippen LogP contribution in [0.3, 0.4) is 0 Å². The highest BCUT2D eigenvalue weighted by molar-refractivity contribution is 7.93. The van der Waals surface area contributed by atoms with Crippen LogP contribution in [-0.2, 0) is 19.6 Å². The van der Waals surface area contributed by atoms with E-state index in [1.165, 1.54) is 36.4 Å². The van der Waals surface area contributed by atoms with E-state index in [4.69, 9.17) is 4.74 Å². The predicted octanol–water partition coefficient (Wildman–Crippen LogP) is 1.43. The third-order valence-electron chi connectivity index (χ3n) is 4.37. The second-order valence-corrected chi connectivity index (χ2v) is 8.30. The second-order valence-electron chi connectivity index (χ2n) is 6.49. The van der Waals surface area contributed by atoms with E-state index in [-0.39, 0.29) is 18.8 Å². The Morgan fingerprint density at radius 3 is 2.37 bits per heavy atom. The van der Waals surface area contributed by atoms with Crippen molar-refractivity contribution in [2.75, 3.05) is 23.2 Å². The smallest absolute Gasteiger partial charge is 0.338 e. The monoisotopic (exact) mass is 436 g/mol. The third-order valence-corrected chi connectivity index (χ3v) is 6.01. The molecule has 0 saturated carbocycles. The topological polar surface area (TPSA) is 126 Å². The van der Waals surface area contributed by atoms with Crippen LogP contribution in [0.25, 0.3) is 0 Å². The number of hydrazine groups is 1. The van der Waals surface area contributed by atoms with Crippen molar-refractivity contribution >= 4 is 33.3 Å². The maximum absolute atomic E-state index is 13.0. The van der Waals surface area contributed by atoms with Crippen LogP contribution >= 0.6 is 0 Å². The van der Waals surface area contributed by atoms with Crippen LogP contribution < -0.4 is 20.9 Å². The fraction of sp³-hybridized carbons (Fsp3) is 0.263. The van der Waals surface area contributed by atoms with Crippen LogP contribution in [0.2, 0.25) is 0 Å². The van der Waals surface area contributed by atoms with Crippen molar-refractivity contribution in [3.8, 4) is 0 Å². The van der Waals surface area contributed by atoms with E-state index in [2.05, 4.69) is 20.9 Å². The van der Waals surface area contributed by atoms with Gasteiger partial charge < -0.3 is 10.1 Å². The van der Waals surface area contributed by atoms with Gasteiger partial charge in [-0.1, -0.05) is 0 Å². The second kappa shape index (κ2) is 9.20. The Labute approximate surface area is 173 Å². The summed E-state index contributed by atoms with van der Waals surface area (Å²) in [5.41, 5.74) is 6.18. The van der Waals surface area contributed by atoms with Gasteiger partial charge in [-0.05, 0) is 55.5 Å². The molecule has 11 heteroatoms. The number of carbonyl (C=O) groups is 2. The molecule has 2 atom stereocenters. The van der Waals surface area contributed by atoms with Gasteiger partial charge >= 0.3 is 5.97 Å². The van der Waals surface area contributed by atoms with Crippen molar-refractivity contribution in [2.24, 2.45) is 5.92 Å². The van der Waals surface area contributed by atoms with Gasteiger partial charge in [0.1, 0.15) is 5.82 Å². The molecule has 0 spiro atoms. The molecule has 0 radical (unpaired) electrons. The lowest BCUT2D eigenvalue weighted by molar-refractivity contribution is -0.119. The number of esters is 1. The minimum Gasteiger partial charge on any atom is -0.462 e. The normalized spacial score (nSPS) is 18.6. The average Bonchev–Trinajstić information content (AvgIpc) is 3.21. The van der Waals surface area contributed by atoms with Gasteiger partial charge in [-0.2, -0.15) is 0 Å². The van der Waals surface area contributed by atoms with Crippen LogP contribution in [0, 0.1) is 11.7 Å². The molecular formula is C19H21FN4O5S. The SMILES string of the molecule is CCOC(=O)c1ccc(NC(=O)C2CNNC2S(=O)(=O)Nc2ccc(F)cc2)cc1. The number of hydrogen-bond donors (Lipinski definition) is 4. The predicted molar refractivity (Wildman–Crippen MR) is 108 cm³/mol. The lowest BCUT2D eigenvalue weighted by Crippen LogP contribution is -2.45. The van der Waals surface area contributed by atoms with Crippen molar-refractivity contribution in [2.45, 2.75) is 12.3 Å². The Kier molecular flexibility index (Phi) is 6.65. The van der Waals surface area contributed by atoms with Crippen molar-refractivity contribution in [1.29, 1.82) is 0 Å². The summed E-state index contributed by atoms with van der Waals surface area (Å²) in [4.78, 5) is 24.4. The molecule has 1 aliphatic heterocycles. The maximum atomic E-state index is 13.0. The van der Waals surface area contributed by atoms with Gasteiger partial charge in [-0.15, -0.1) is 0 Å². The summed E-state index contributed by atoms with van der Waals surface area (Å²) >= 11 is 0. The molecule has 9 nitrogen and oxygen atoms in total. The highest BCUT2D eigenvalue weighted by atomic mass is 32.2. The minimum absolute atomic E-state index is 0.0851. The zero-order chi connectivity index (χ0) is 21.7. The van der Waals surface area contributed by atoms with E-state index in [9.17, 15) is 22.4 Å². The fourth-order valence-corrected chi connectivity index (χ4v) is 4.37. The molecule has 4 N–H and O–H groups in total. The summed E-state index contributed by atoms with van der Waals surface area (Å²) in [6, 6.07) is 10.9. The molecule has 30 heavy (non-hydrogen) atoms. The first-order valence-electron chi connectivity index (χ1n) is 9.14. The molecule has 1 amide bonds. The molecule has 0 aliphatic carbocycles. The fourth-order valence-electron chi connectivity index (χ4n) is 2.89. The number of nitrogens with one attached hydrogen (secondary N) is 4. The molecule has 0 aromatic heterocycles. The Morgan fingerprint density at radius 2 is 1.73 bits per heavy atom. The Balaban J connectivity index is 1.67. The summed E-state index contributed by atoms with van der Waals surface area (Å²) < 4.78 is 45.7. The van der Waals surface area contributed by atoms with Gasteiger partial charge in [0.15, 0.2) is 5.37 Å². The molecule has 2 unspecified atom stereocenters. The maximum Gasteiger partial charge on any atom is 0.338 e. The van der Waals surface area contributed by atoms with Crippen molar-refractivity contribution < 1.29 is 27.1 Å². The summed E-state index contributed by atoms with van der Waals surface area (Å²) in [6.45, 7) is 2.04. The largest absolute Gasteiger partial charge is 0.462 e. The van der Waals surface area contributed by atoms with Crippen molar-refractivity contribution in [3.63, 3.8) is 0 Å². The number of halogens is 1. The first-order chi connectivity index (χ1) is 14.3. The lowest BCUT2D eigenvalue weighted by atomic mass is 10.1. The molecule has 2 aromatic rings. The van der Waals surface area contributed by atoms with E-state index in [1.807, 2.05) is 0 Å². The van der Waals surface area contributed by atoms with Crippen LogP contribution in [0.15, 0.2) is 48.5 Å². The number of hydrogen-bond acceptors (Lipinski definition) is 7. The van der Waals surface area contributed by atoms with Crippen LogP contribution in [0.5, 0.6) is 0 Å². The number of carbonyl (C=O) groups excluding carboxylic acids is 2. The molecule has 1 heterocycles. The number of anilines is 2. The van der Waals surface area contributed by atoms with Crippen molar-refractivity contribution in [3.05, 3.63) is 59.9 Å². The summed E-state index contributed by atoms with van der Waals surface area (Å²) in [6.07, 6.45) is 0. The van der Waals surface area contributed by atoms with Gasteiger partial charge in [-0.3, -0.25) is 14.9 Å². The molecule has 1 aliphatic rings. The van der Waals surface area contributed by atoms with Gasteiger partial charge in [0.2, 0.25) is 5.91 Å². The van der Waals surface area contributed by atoms with Crippen LogP contribution in [0.1, 0.15) is 17.3 Å². The summed E-state index contributed by atoms with van der Waals surface area (Å²) in [5.74, 6) is -2.43. The van der Waals surface area contributed by atoms with E-state index >= 15 is 0 Å². The number of sulfonamides is 1. The highest BCUT2D eigenvalue weighted by Crippen LogP contribution is 2.20. The van der Waals surface area contributed by atoms with E-state index in [0.29, 0.717) is 11.3 Å². The van der Waals surface area contributed by atoms with E-state index in [1.54, 1.807) is 6.92 Å². The van der Waals surface area contributed by atoms with E-state index < -0.39 is 39.0 Å². The van der Waals surface area contributed by atoms with Gasteiger partial charge in [-0.25, -0.2) is 23.0 Å². The van der Waals surface area contributed by atoms with Gasteiger partial charge in [0.25, 0.3) is 10.0 Å². The van der Waals surface area contributed by atoms with E-state index in [0.717, 1.165) is 12.1 Å². The molecule has 2 aromatic carbocycles. The van der Waals surface area contributed by atoms with Crippen LogP contribution in [-0.4, -0.2) is 38.8 Å². The first-order valence-corrected chi connectivity index (χ1v) is 10.7. The number of ether oxygens (including phenoxy) is 1. The highest BCUT2D eigenvalue weighted by Gasteiger charge is 2.41. The molecule has 1 saturated heterocycles. The zero-order valence-electron chi connectivity index (χ0n) is 16.0. The van der Waals surface area contributed by atoms with Gasteiger partial charge in [0, 0.05) is 17.9 Å². The number of amides is 1. The Morgan fingerprint density at radius 1 is 1.10 bits per heavy atom. The quantitative estimate of drug-likeness (QED) is 0.484. The lowest BCUT2D eigenvalue weighted by Gasteiger charge is -2.19. The summed E-state index contributed by atoms with van der Waals surface area (Å²) in [5, 5.41) is 1.39. The van der Waals surface area contributed by atoms with Gasteiger partial charge in [0.05, 0.1) is 18.1 Å². The third kappa shape index (κ3) is 5.12. The Bertz CT molecular complexity index is 1010. The molecule has 1 fully saturated rings. The summed E-state index contributed by atoms with van der Waals surface area (Å²) in [7, 11) is -4.00.